The summed E-state index contributed by atoms with van der Waals surface area (Å²) in [6.07, 6.45) is 0.499. The lowest BCUT2D eigenvalue weighted by Gasteiger charge is -2.20. The number of carbonyl (C=O) groups is 1. The molecular weight excluding hydrogens is 287 g/mol. The topological polar surface area (TPSA) is 17.1 Å². The Hall–Kier alpha value is -2.24. The van der Waals surface area contributed by atoms with E-state index in [0.29, 0.717) is 6.42 Å². The van der Waals surface area contributed by atoms with Crippen molar-refractivity contribution in [3.63, 3.8) is 0 Å². The lowest BCUT2D eigenvalue weighted by Crippen LogP contribution is -2.23. The molecular formula is C20H15OP. The summed E-state index contributed by atoms with van der Waals surface area (Å²) in [5, 5.41) is 3.78. The zero-order valence-electron chi connectivity index (χ0n) is 12.1. The molecule has 1 atom stereocenters. The van der Waals surface area contributed by atoms with E-state index >= 15 is 0 Å². The van der Waals surface area contributed by atoms with Crippen LogP contribution in [0.4, 0.5) is 0 Å². The van der Waals surface area contributed by atoms with E-state index in [0.717, 1.165) is 5.56 Å². The van der Waals surface area contributed by atoms with Gasteiger partial charge in [-0.25, -0.2) is 0 Å². The number of hydrogen-bond donors (Lipinski definition) is 0. The monoisotopic (exact) mass is 302 g/mol. The molecule has 1 aliphatic rings. The molecule has 22 heavy (non-hydrogen) atoms. The highest BCUT2D eigenvalue weighted by atomic mass is 31.1. The van der Waals surface area contributed by atoms with Crippen LogP contribution < -0.4 is 15.9 Å². The van der Waals surface area contributed by atoms with Gasteiger partial charge in [0.1, 0.15) is 0 Å². The highest BCUT2D eigenvalue weighted by molar-refractivity contribution is 7.80. The molecule has 4 rings (SSSR count). The lowest BCUT2D eigenvalue weighted by molar-refractivity contribution is 0.0994. The minimum absolute atomic E-state index is 0.226. The summed E-state index contributed by atoms with van der Waals surface area (Å²) in [5.41, 5.74) is 2.05. The van der Waals surface area contributed by atoms with Crippen LogP contribution in [0.15, 0.2) is 78.9 Å². The van der Waals surface area contributed by atoms with Gasteiger partial charge < -0.3 is 0 Å². The average molecular weight is 302 g/mol. The van der Waals surface area contributed by atoms with Crippen molar-refractivity contribution < 1.29 is 4.79 Å². The van der Waals surface area contributed by atoms with Crippen molar-refractivity contribution in [2.24, 2.45) is 0 Å². The maximum atomic E-state index is 12.7. The van der Waals surface area contributed by atoms with Gasteiger partial charge in [0.2, 0.25) is 0 Å². The van der Waals surface area contributed by atoms with Gasteiger partial charge in [0.15, 0.2) is 5.78 Å². The van der Waals surface area contributed by atoms with E-state index in [2.05, 4.69) is 48.5 Å². The normalized spacial score (nSPS) is 16.5. The number of hydrogen-bond acceptors (Lipinski definition) is 1. The summed E-state index contributed by atoms with van der Waals surface area (Å²) >= 11 is 0. The smallest absolute Gasteiger partial charge is 0.167 e. The van der Waals surface area contributed by atoms with E-state index in [1.807, 2.05) is 30.3 Å². The molecule has 0 N–H and O–H groups in total. The van der Waals surface area contributed by atoms with Crippen molar-refractivity contribution in [2.45, 2.75) is 6.42 Å². The highest BCUT2D eigenvalue weighted by Gasteiger charge is 2.27. The molecule has 1 heterocycles. The molecule has 0 bridgehead atoms. The molecule has 0 aromatic heterocycles. The Morgan fingerprint density at radius 2 is 1.32 bits per heavy atom. The summed E-state index contributed by atoms with van der Waals surface area (Å²) in [4.78, 5) is 12.7. The van der Waals surface area contributed by atoms with E-state index in [4.69, 9.17) is 0 Å². The van der Waals surface area contributed by atoms with Crippen LogP contribution in [0.2, 0.25) is 0 Å². The molecule has 1 unspecified atom stereocenters. The molecule has 3 aromatic rings. The minimum Gasteiger partial charge on any atom is -0.294 e. The molecule has 0 aliphatic carbocycles. The van der Waals surface area contributed by atoms with Crippen LogP contribution >= 0.6 is 7.92 Å². The van der Waals surface area contributed by atoms with E-state index in [-0.39, 0.29) is 5.78 Å². The molecule has 0 amide bonds. The summed E-state index contributed by atoms with van der Waals surface area (Å²) in [7, 11) is -0.673. The Balaban J connectivity index is 2.03. The zero-order chi connectivity index (χ0) is 14.9. The summed E-state index contributed by atoms with van der Waals surface area (Å²) < 4.78 is 0. The number of carbonyl (C=O) groups excluding carboxylic acids is 1. The zero-order valence-corrected chi connectivity index (χ0v) is 13.0. The Morgan fingerprint density at radius 3 is 2.14 bits per heavy atom. The first kappa shape index (κ1) is 13.4. The van der Waals surface area contributed by atoms with Crippen LogP contribution in [0.3, 0.4) is 0 Å². The number of benzene rings is 3. The summed E-state index contributed by atoms with van der Waals surface area (Å²) in [6, 6.07) is 27.0. The molecule has 1 nitrogen and oxygen atoms in total. The van der Waals surface area contributed by atoms with E-state index in [1.54, 1.807) is 0 Å². The third-order valence-electron chi connectivity index (χ3n) is 4.04. The molecule has 0 fully saturated rings. The van der Waals surface area contributed by atoms with Crippen molar-refractivity contribution in [1.29, 1.82) is 0 Å². The fourth-order valence-corrected chi connectivity index (χ4v) is 5.67. The highest BCUT2D eigenvalue weighted by Crippen LogP contribution is 2.37. The first-order valence-electron chi connectivity index (χ1n) is 7.40. The Labute approximate surface area is 131 Å². The Morgan fingerprint density at radius 1 is 0.682 bits per heavy atom. The molecule has 106 valence electrons. The fourth-order valence-electron chi connectivity index (χ4n) is 3.04. The number of Topliss-reactive ketones (excluding diaryl/α,β-unsaturated/α-hetero) is 1. The second kappa shape index (κ2) is 5.51. The number of ketones is 1. The standard InChI is InChI=1S/C20H15OP/c21-18-14-15-8-4-6-12-19(15)22(16-9-2-1-3-10-16)20-13-7-5-11-17(18)20/h1-13H,14H2. The number of fused-ring (bicyclic) bond motifs is 2. The van der Waals surface area contributed by atoms with Gasteiger partial charge in [-0.2, -0.15) is 0 Å². The molecule has 3 aromatic carbocycles. The predicted octanol–water partition coefficient (Wildman–Crippen LogP) is 3.18. The van der Waals surface area contributed by atoms with Gasteiger partial charge in [-0.1, -0.05) is 78.9 Å². The van der Waals surface area contributed by atoms with Crippen molar-refractivity contribution >= 4 is 29.6 Å². The molecule has 0 spiro atoms. The van der Waals surface area contributed by atoms with Gasteiger partial charge in [0.05, 0.1) is 0 Å². The van der Waals surface area contributed by atoms with Crippen molar-refractivity contribution in [1.82, 2.24) is 0 Å². The maximum absolute atomic E-state index is 12.7. The minimum atomic E-state index is -0.673. The van der Waals surface area contributed by atoms with Crippen LogP contribution in [0, 0.1) is 0 Å². The second-order valence-corrected chi connectivity index (χ2v) is 7.57. The summed E-state index contributed by atoms with van der Waals surface area (Å²) in [5.74, 6) is 0.226. The lowest BCUT2D eigenvalue weighted by atomic mass is 10.0. The summed E-state index contributed by atoms with van der Waals surface area (Å²) in [6.45, 7) is 0. The van der Waals surface area contributed by atoms with E-state index in [9.17, 15) is 4.79 Å². The Kier molecular flexibility index (Phi) is 3.36. The average Bonchev–Trinajstić information content (AvgIpc) is 2.70. The molecule has 0 saturated heterocycles. The van der Waals surface area contributed by atoms with Crippen LogP contribution in [-0.2, 0) is 6.42 Å². The van der Waals surface area contributed by atoms with Gasteiger partial charge in [0.25, 0.3) is 0 Å². The first-order valence-corrected chi connectivity index (χ1v) is 8.74. The van der Waals surface area contributed by atoms with Gasteiger partial charge in [-0.3, -0.25) is 4.79 Å². The molecule has 0 saturated carbocycles. The quantitative estimate of drug-likeness (QED) is 0.631. The first-order chi connectivity index (χ1) is 10.8. The fraction of sp³-hybridized carbons (Fsp3) is 0.0500. The molecule has 1 aliphatic heterocycles. The third kappa shape index (κ3) is 2.19. The van der Waals surface area contributed by atoms with Crippen molar-refractivity contribution in [3.05, 3.63) is 90.0 Å². The SMILES string of the molecule is O=C1Cc2ccccc2P(c2ccccc2)c2ccccc21. The maximum Gasteiger partial charge on any atom is 0.167 e. The van der Waals surface area contributed by atoms with Crippen LogP contribution in [0.25, 0.3) is 0 Å². The van der Waals surface area contributed by atoms with Gasteiger partial charge >= 0.3 is 0 Å². The van der Waals surface area contributed by atoms with Gasteiger partial charge in [-0.05, 0) is 29.4 Å². The van der Waals surface area contributed by atoms with Crippen LogP contribution in [0.1, 0.15) is 15.9 Å². The van der Waals surface area contributed by atoms with E-state index < -0.39 is 7.92 Å². The largest absolute Gasteiger partial charge is 0.294 e. The van der Waals surface area contributed by atoms with Crippen molar-refractivity contribution in [2.75, 3.05) is 0 Å². The van der Waals surface area contributed by atoms with Crippen LogP contribution in [-0.4, -0.2) is 5.78 Å². The van der Waals surface area contributed by atoms with Crippen LogP contribution in [0.5, 0.6) is 0 Å². The van der Waals surface area contributed by atoms with Crippen molar-refractivity contribution in [3.8, 4) is 0 Å². The van der Waals surface area contributed by atoms with Gasteiger partial charge in [0, 0.05) is 12.0 Å². The molecule has 0 radical (unpaired) electrons. The second-order valence-electron chi connectivity index (χ2n) is 5.42. The van der Waals surface area contributed by atoms with E-state index in [1.165, 1.54) is 21.5 Å². The Bertz CT molecular complexity index is 839. The number of rotatable bonds is 1. The predicted molar refractivity (Wildman–Crippen MR) is 93.2 cm³/mol. The van der Waals surface area contributed by atoms with Gasteiger partial charge in [-0.15, -0.1) is 0 Å². The third-order valence-corrected chi connectivity index (χ3v) is 6.65. The molecule has 2 heteroatoms.